The molecule has 0 aromatic carbocycles. The third-order valence-corrected chi connectivity index (χ3v) is 5.46. The predicted octanol–water partition coefficient (Wildman–Crippen LogP) is 3.67. The zero-order valence-corrected chi connectivity index (χ0v) is 13.4. The molecule has 2 heteroatoms. The summed E-state index contributed by atoms with van der Waals surface area (Å²) in [7, 11) is 2.38. The van der Waals surface area contributed by atoms with E-state index in [1.54, 1.807) is 0 Å². The van der Waals surface area contributed by atoms with Crippen LogP contribution in [0.1, 0.15) is 65.2 Å². The second-order valence-corrected chi connectivity index (χ2v) is 7.37. The maximum atomic E-state index is 3.65. The van der Waals surface area contributed by atoms with Crippen LogP contribution >= 0.6 is 0 Å². The number of rotatable bonds is 5. The zero-order valence-electron chi connectivity index (χ0n) is 13.4. The molecule has 1 heterocycles. The van der Waals surface area contributed by atoms with Gasteiger partial charge in [0.25, 0.3) is 0 Å². The van der Waals surface area contributed by atoms with Crippen LogP contribution in [0, 0.1) is 11.3 Å². The quantitative estimate of drug-likeness (QED) is 0.817. The van der Waals surface area contributed by atoms with Crippen molar-refractivity contribution in [2.24, 2.45) is 11.3 Å². The summed E-state index contributed by atoms with van der Waals surface area (Å²) in [4.78, 5) is 2.71. The van der Waals surface area contributed by atoms with Gasteiger partial charge in [0, 0.05) is 19.1 Å². The van der Waals surface area contributed by atoms with Crippen LogP contribution < -0.4 is 5.32 Å². The molecule has 1 aliphatic carbocycles. The first-order valence-electron chi connectivity index (χ1n) is 8.56. The highest BCUT2D eigenvalue weighted by Gasteiger charge is 2.34. The largest absolute Gasteiger partial charge is 0.316 e. The molecule has 1 saturated carbocycles. The Morgan fingerprint density at radius 2 is 2.11 bits per heavy atom. The summed E-state index contributed by atoms with van der Waals surface area (Å²) in [6.45, 7) is 8.57. The third kappa shape index (κ3) is 4.19. The van der Waals surface area contributed by atoms with Crippen LogP contribution in [0.2, 0.25) is 0 Å². The van der Waals surface area contributed by atoms with Gasteiger partial charge in [-0.1, -0.05) is 33.1 Å². The van der Waals surface area contributed by atoms with Gasteiger partial charge in [-0.25, -0.2) is 0 Å². The van der Waals surface area contributed by atoms with Crippen molar-refractivity contribution in [2.45, 2.75) is 71.3 Å². The molecule has 0 aromatic rings. The maximum Gasteiger partial charge on any atom is 0.00949 e. The highest BCUT2D eigenvalue weighted by atomic mass is 15.1. The molecular weight excluding hydrogens is 232 g/mol. The summed E-state index contributed by atoms with van der Waals surface area (Å²) in [5.41, 5.74) is 0.558. The summed E-state index contributed by atoms with van der Waals surface area (Å²) in [6, 6.07) is 0.847. The fraction of sp³-hybridized carbons (Fsp3) is 1.00. The minimum atomic E-state index is 0.558. The number of hydrogen-bond acceptors (Lipinski definition) is 2. The standard InChI is InChI=1S/C17H34N2/c1-4-9-17(10-6-11-18-13-17)14-19(3)16-8-5-7-15(2)12-16/h15-16,18H,4-14H2,1-3H3. The summed E-state index contributed by atoms with van der Waals surface area (Å²) in [5.74, 6) is 0.938. The summed E-state index contributed by atoms with van der Waals surface area (Å²) >= 11 is 0. The Balaban J connectivity index is 1.92. The molecule has 112 valence electrons. The fourth-order valence-corrected chi connectivity index (χ4v) is 4.45. The summed E-state index contributed by atoms with van der Waals surface area (Å²) in [6.07, 6.45) is 11.3. The maximum absolute atomic E-state index is 3.65. The Morgan fingerprint density at radius 1 is 1.26 bits per heavy atom. The van der Waals surface area contributed by atoms with Gasteiger partial charge in [-0.15, -0.1) is 0 Å². The SMILES string of the molecule is CCCC1(CN(C)C2CCCC(C)C2)CCCNC1. The van der Waals surface area contributed by atoms with Gasteiger partial charge in [-0.3, -0.25) is 0 Å². The van der Waals surface area contributed by atoms with E-state index in [4.69, 9.17) is 0 Å². The van der Waals surface area contributed by atoms with Crippen molar-refractivity contribution in [2.75, 3.05) is 26.7 Å². The highest BCUT2D eigenvalue weighted by molar-refractivity contribution is 4.89. The van der Waals surface area contributed by atoms with E-state index in [-0.39, 0.29) is 0 Å². The average Bonchev–Trinajstić information content (AvgIpc) is 2.40. The summed E-state index contributed by atoms with van der Waals surface area (Å²) < 4.78 is 0. The fourth-order valence-electron chi connectivity index (χ4n) is 4.45. The van der Waals surface area contributed by atoms with E-state index in [1.165, 1.54) is 71.0 Å². The van der Waals surface area contributed by atoms with Crippen LogP contribution in [-0.2, 0) is 0 Å². The molecule has 1 saturated heterocycles. The van der Waals surface area contributed by atoms with Gasteiger partial charge in [0.15, 0.2) is 0 Å². The van der Waals surface area contributed by atoms with E-state index >= 15 is 0 Å². The van der Waals surface area contributed by atoms with Crippen LogP contribution in [0.4, 0.5) is 0 Å². The van der Waals surface area contributed by atoms with Gasteiger partial charge in [0.1, 0.15) is 0 Å². The van der Waals surface area contributed by atoms with Crippen molar-refractivity contribution in [3.63, 3.8) is 0 Å². The molecule has 2 rings (SSSR count). The van der Waals surface area contributed by atoms with Crippen LogP contribution in [-0.4, -0.2) is 37.6 Å². The highest BCUT2D eigenvalue weighted by Crippen LogP contribution is 2.35. The molecule has 1 aliphatic heterocycles. The van der Waals surface area contributed by atoms with E-state index < -0.39 is 0 Å². The molecule has 0 aromatic heterocycles. The monoisotopic (exact) mass is 266 g/mol. The molecule has 0 amide bonds. The van der Waals surface area contributed by atoms with Crippen LogP contribution in [0.3, 0.4) is 0 Å². The minimum absolute atomic E-state index is 0.558. The first kappa shape index (κ1) is 15.3. The predicted molar refractivity (Wildman–Crippen MR) is 83.5 cm³/mol. The molecule has 0 bridgehead atoms. The normalized spacial score (nSPS) is 36.6. The molecule has 3 unspecified atom stereocenters. The molecule has 1 N–H and O–H groups in total. The van der Waals surface area contributed by atoms with Gasteiger partial charge < -0.3 is 10.2 Å². The molecule has 3 atom stereocenters. The van der Waals surface area contributed by atoms with Gasteiger partial charge in [-0.05, 0) is 57.0 Å². The zero-order chi connectivity index (χ0) is 13.7. The second kappa shape index (κ2) is 7.08. The van der Waals surface area contributed by atoms with Gasteiger partial charge in [0.2, 0.25) is 0 Å². The smallest absolute Gasteiger partial charge is 0.00949 e. The van der Waals surface area contributed by atoms with E-state index in [9.17, 15) is 0 Å². The Bertz CT molecular complexity index is 252. The molecule has 2 fully saturated rings. The third-order valence-electron chi connectivity index (χ3n) is 5.46. The lowest BCUT2D eigenvalue weighted by molar-refractivity contribution is 0.0742. The van der Waals surface area contributed by atoms with Gasteiger partial charge in [0.05, 0.1) is 0 Å². The van der Waals surface area contributed by atoms with E-state index in [0.29, 0.717) is 5.41 Å². The average molecular weight is 266 g/mol. The minimum Gasteiger partial charge on any atom is -0.316 e. The Morgan fingerprint density at radius 3 is 2.74 bits per heavy atom. The van der Waals surface area contributed by atoms with Crippen molar-refractivity contribution < 1.29 is 0 Å². The lowest BCUT2D eigenvalue weighted by Crippen LogP contribution is -2.49. The Hall–Kier alpha value is -0.0800. The number of piperidine rings is 1. The van der Waals surface area contributed by atoms with Crippen molar-refractivity contribution in [3.8, 4) is 0 Å². The molecular formula is C17H34N2. The summed E-state index contributed by atoms with van der Waals surface area (Å²) in [5, 5.41) is 3.65. The van der Waals surface area contributed by atoms with Crippen molar-refractivity contribution >= 4 is 0 Å². The van der Waals surface area contributed by atoms with Crippen molar-refractivity contribution in [1.29, 1.82) is 0 Å². The van der Waals surface area contributed by atoms with Crippen LogP contribution in [0.5, 0.6) is 0 Å². The first-order valence-corrected chi connectivity index (χ1v) is 8.56. The lowest BCUT2D eigenvalue weighted by Gasteiger charge is -2.44. The number of nitrogens with zero attached hydrogens (tertiary/aromatic N) is 1. The van der Waals surface area contributed by atoms with Gasteiger partial charge in [-0.2, -0.15) is 0 Å². The van der Waals surface area contributed by atoms with Crippen molar-refractivity contribution in [3.05, 3.63) is 0 Å². The number of hydrogen-bond donors (Lipinski definition) is 1. The number of nitrogens with one attached hydrogen (secondary N) is 1. The molecule has 0 radical (unpaired) electrons. The molecule has 2 aliphatic rings. The van der Waals surface area contributed by atoms with Gasteiger partial charge >= 0.3 is 0 Å². The van der Waals surface area contributed by atoms with E-state index in [2.05, 4.69) is 31.1 Å². The molecule has 0 spiro atoms. The second-order valence-electron chi connectivity index (χ2n) is 7.37. The topological polar surface area (TPSA) is 15.3 Å². The van der Waals surface area contributed by atoms with E-state index in [0.717, 1.165) is 12.0 Å². The van der Waals surface area contributed by atoms with Crippen LogP contribution in [0.25, 0.3) is 0 Å². The Kier molecular flexibility index (Phi) is 5.70. The van der Waals surface area contributed by atoms with Crippen LogP contribution in [0.15, 0.2) is 0 Å². The first-order chi connectivity index (χ1) is 9.15. The Labute approximate surface area is 120 Å². The van der Waals surface area contributed by atoms with E-state index in [1.807, 2.05) is 0 Å². The van der Waals surface area contributed by atoms with Crippen molar-refractivity contribution in [1.82, 2.24) is 10.2 Å². The molecule has 19 heavy (non-hydrogen) atoms. The lowest BCUT2D eigenvalue weighted by atomic mass is 9.75. The molecule has 2 nitrogen and oxygen atoms in total.